The lowest BCUT2D eigenvalue weighted by molar-refractivity contribution is -0.385. The Morgan fingerprint density at radius 1 is 0.914 bits per heavy atom. The maximum atomic E-state index is 12.3. The number of carbonyl (C=O) groups excluding carboxylic acids is 2. The Morgan fingerprint density at radius 2 is 1.69 bits per heavy atom. The van der Waals surface area contributed by atoms with E-state index in [0.717, 1.165) is 22.0 Å². The van der Waals surface area contributed by atoms with E-state index in [4.69, 9.17) is 4.74 Å². The second-order valence-corrected chi connectivity index (χ2v) is 7.85. The van der Waals surface area contributed by atoms with Gasteiger partial charge in [-0.05, 0) is 59.0 Å². The molecule has 1 aromatic heterocycles. The number of ketones is 2. The Morgan fingerprint density at radius 3 is 2.46 bits per heavy atom. The van der Waals surface area contributed by atoms with Crippen LogP contribution in [-0.4, -0.2) is 21.5 Å². The number of nitrogens with zero attached hydrogens (tertiary/aromatic N) is 1. The van der Waals surface area contributed by atoms with Gasteiger partial charge in [-0.3, -0.25) is 19.7 Å². The third kappa shape index (κ3) is 6.39. The Bertz CT molecular complexity index is 1430. The number of H-pyrrole nitrogens is 1. The van der Waals surface area contributed by atoms with Crippen molar-refractivity contribution >= 4 is 40.3 Å². The van der Waals surface area contributed by atoms with Crippen LogP contribution in [0.3, 0.4) is 0 Å². The fourth-order valence-electron chi connectivity index (χ4n) is 3.49. The molecular weight excluding hydrogens is 444 g/mol. The number of allylic oxidation sites excluding steroid dienone is 2. The van der Waals surface area contributed by atoms with E-state index in [1.807, 2.05) is 60.8 Å². The third-order valence-electron chi connectivity index (χ3n) is 5.28. The maximum Gasteiger partial charge on any atom is 0.276 e. The Balaban J connectivity index is 1.39. The molecule has 0 unspecified atom stereocenters. The molecule has 0 spiro atoms. The Hall–Kier alpha value is -4.78. The molecule has 0 aliphatic heterocycles. The zero-order valence-electron chi connectivity index (χ0n) is 18.7. The van der Waals surface area contributed by atoms with E-state index >= 15 is 0 Å². The van der Waals surface area contributed by atoms with Crippen molar-refractivity contribution in [3.63, 3.8) is 0 Å². The van der Waals surface area contributed by atoms with E-state index in [2.05, 4.69) is 4.98 Å². The van der Waals surface area contributed by atoms with Gasteiger partial charge < -0.3 is 9.72 Å². The van der Waals surface area contributed by atoms with Crippen LogP contribution < -0.4 is 4.74 Å². The molecule has 7 nitrogen and oxygen atoms in total. The fourth-order valence-corrected chi connectivity index (χ4v) is 3.49. The minimum atomic E-state index is -0.528. The summed E-state index contributed by atoms with van der Waals surface area (Å²) in [5.41, 5.74) is 2.80. The summed E-state index contributed by atoms with van der Waals surface area (Å²) >= 11 is 0. The lowest BCUT2D eigenvalue weighted by atomic mass is 10.1. The number of benzene rings is 3. The summed E-state index contributed by atoms with van der Waals surface area (Å²) in [5, 5.41) is 12.5. The van der Waals surface area contributed by atoms with Crippen LogP contribution in [-0.2, 0) is 16.2 Å². The van der Waals surface area contributed by atoms with Gasteiger partial charge in [-0.25, -0.2) is 0 Å². The van der Waals surface area contributed by atoms with Gasteiger partial charge in [0.25, 0.3) is 5.69 Å². The van der Waals surface area contributed by atoms with Gasteiger partial charge in [-0.2, -0.15) is 0 Å². The first-order valence-corrected chi connectivity index (χ1v) is 10.9. The molecule has 0 radical (unpaired) electrons. The quantitative estimate of drug-likeness (QED) is 0.135. The molecular formula is C28H22N2O5. The van der Waals surface area contributed by atoms with Crippen molar-refractivity contribution in [3.8, 4) is 5.75 Å². The molecule has 35 heavy (non-hydrogen) atoms. The van der Waals surface area contributed by atoms with Crippen LogP contribution in [0.4, 0.5) is 5.69 Å². The average Bonchev–Trinajstić information content (AvgIpc) is 3.33. The van der Waals surface area contributed by atoms with Gasteiger partial charge >= 0.3 is 0 Å². The standard InChI is InChI=1S/C28H22N2O5/c31-24(10-7-20-6-8-22-14-15-29-27(22)16-20)18-25(32)11-9-23-17-26(12-13-28(23)30(33)34)35-19-21-4-2-1-3-5-21/h1-17,29H,18-19H2. The van der Waals surface area contributed by atoms with E-state index in [1.165, 1.54) is 36.4 Å². The lowest BCUT2D eigenvalue weighted by Gasteiger charge is -2.07. The summed E-state index contributed by atoms with van der Waals surface area (Å²) in [5.74, 6) is -0.380. The lowest BCUT2D eigenvalue weighted by Crippen LogP contribution is -2.02. The Kier molecular flexibility index (Phi) is 7.28. The van der Waals surface area contributed by atoms with E-state index in [9.17, 15) is 19.7 Å². The number of aromatic amines is 1. The SMILES string of the molecule is O=C(C=Cc1ccc2cc[nH]c2c1)CC(=O)C=Cc1cc(OCc2ccccc2)ccc1[N+](=O)[O-]. The molecule has 0 aliphatic rings. The van der Waals surface area contributed by atoms with E-state index in [-0.39, 0.29) is 23.5 Å². The first-order valence-electron chi connectivity index (χ1n) is 10.9. The highest BCUT2D eigenvalue weighted by atomic mass is 16.6. The minimum absolute atomic E-state index is 0.160. The summed E-state index contributed by atoms with van der Waals surface area (Å²) in [4.78, 5) is 38.5. The first-order chi connectivity index (χ1) is 17.0. The molecule has 4 aromatic rings. The molecule has 0 amide bonds. The van der Waals surface area contributed by atoms with Crippen molar-refractivity contribution in [3.05, 3.63) is 118 Å². The smallest absolute Gasteiger partial charge is 0.276 e. The molecule has 0 atom stereocenters. The van der Waals surface area contributed by atoms with Gasteiger partial charge in [0.1, 0.15) is 12.4 Å². The van der Waals surface area contributed by atoms with Gasteiger partial charge in [0.2, 0.25) is 0 Å². The maximum absolute atomic E-state index is 12.3. The number of aromatic nitrogens is 1. The molecule has 0 saturated heterocycles. The van der Waals surface area contributed by atoms with Gasteiger partial charge in [0, 0.05) is 17.8 Å². The topological polar surface area (TPSA) is 102 Å². The minimum Gasteiger partial charge on any atom is -0.489 e. The van der Waals surface area contributed by atoms with E-state index in [0.29, 0.717) is 12.4 Å². The number of nitro benzene ring substituents is 1. The van der Waals surface area contributed by atoms with Crippen LogP contribution in [0, 0.1) is 10.1 Å². The highest BCUT2D eigenvalue weighted by Crippen LogP contribution is 2.26. The number of fused-ring (bicyclic) bond motifs is 1. The second-order valence-electron chi connectivity index (χ2n) is 7.85. The monoisotopic (exact) mass is 466 g/mol. The zero-order valence-corrected chi connectivity index (χ0v) is 18.7. The highest BCUT2D eigenvalue weighted by molar-refractivity contribution is 6.11. The van der Waals surface area contributed by atoms with Crippen molar-refractivity contribution in [2.24, 2.45) is 0 Å². The van der Waals surface area contributed by atoms with Crippen LogP contribution >= 0.6 is 0 Å². The average molecular weight is 466 g/mol. The van der Waals surface area contributed by atoms with Crippen molar-refractivity contribution in [1.29, 1.82) is 0 Å². The third-order valence-corrected chi connectivity index (χ3v) is 5.28. The predicted octanol–water partition coefficient (Wildman–Crippen LogP) is 5.91. The summed E-state index contributed by atoms with van der Waals surface area (Å²) in [7, 11) is 0. The molecule has 0 aliphatic carbocycles. The highest BCUT2D eigenvalue weighted by Gasteiger charge is 2.13. The van der Waals surface area contributed by atoms with Crippen LogP contribution in [0.1, 0.15) is 23.1 Å². The van der Waals surface area contributed by atoms with Crippen molar-refractivity contribution in [2.75, 3.05) is 0 Å². The second kappa shape index (κ2) is 10.9. The van der Waals surface area contributed by atoms with Crippen LogP contribution in [0.2, 0.25) is 0 Å². The van der Waals surface area contributed by atoms with E-state index < -0.39 is 10.7 Å². The molecule has 4 rings (SSSR count). The molecule has 0 fully saturated rings. The van der Waals surface area contributed by atoms with Gasteiger partial charge in [-0.1, -0.05) is 48.5 Å². The Labute approximate surface area is 201 Å². The summed E-state index contributed by atoms with van der Waals surface area (Å²) in [6, 6.07) is 21.5. The zero-order chi connectivity index (χ0) is 24.6. The molecule has 174 valence electrons. The first kappa shape index (κ1) is 23.4. The summed E-state index contributed by atoms with van der Waals surface area (Å²) in [6.45, 7) is 0.304. The van der Waals surface area contributed by atoms with Crippen molar-refractivity contribution in [2.45, 2.75) is 13.0 Å². The van der Waals surface area contributed by atoms with Crippen molar-refractivity contribution in [1.82, 2.24) is 4.98 Å². The number of nitro groups is 1. The van der Waals surface area contributed by atoms with Crippen LogP contribution in [0.25, 0.3) is 23.1 Å². The molecule has 0 bridgehead atoms. The normalized spacial score (nSPS) is 11.3. The van der Waals surface area contributed by atoms with E-state index in [1.54, 1.807) is 6.08 Å². The van der Waals surface area contributed by atoms with Gasteiger partial charge in [0.05, 0.1) is 16.9 Å². The van der Waals surface area contributed by atoms with Crippen LogP contribution in [0.15, 0.2) is 91.1 Å². The van der Waals surface area contributed by atoms with Gasteiger partial charge in [0.15, 0.2) is 11.6 Å². The molecule has 1 N–H and O–H groups in total. The number of carbonyl (C=O) groups is 2. The molecule has 7 heteroatoms. The summed E-state index contributed by atoms with van der Waals surface area (Å²) in [6.07, 6.45) is 7.03. The fraction of sp³-hybridized carbons (Fsp3) is 0.0714. The number of ether oxygens (including phenoxy) is 1. The number of nitrogens with one attached hydrogen (secondary N) is 1. The molecule has 3 aromatic carbocycles. The molecule has 0 saturated carbocycles. The number of hydrogen-bond acceptors (Lipinski definition) is 5. The number of hydrogen-bond donors (Lipinski definition) is 1. The largest absolute Gasteiger partial charge is 0.489 e. The summed E-state index contributed by atoms with van der Waals surface area (Å²) < 4.78 is 5.73. The van der Waals surface area contributed by atoms with Crippen LogP contribution in [0.5, 0.6) is 5.75 Å². The van der Waals surface area contributed by atoms with Gasteiger partial charge in [-0.15, -0.1) is 0 Å². The predicted molar refractivity (Wildman–Crippen MR) is 135 cm³/mol. The number of rotatable bonds is 10. The van der Waals surface area contributed by atoms with Crippen molar-refractivity contribution < 1.29 is 19.2 Å². The molecule has 1 heterocycles.